The van der Waals surface area contributed by atoms with Gasteiger partial charge in [-0.2, -0.15) is 13.2 Å². The highest BCUT2D eigenvalue weighted by Gasteiger charge is 2.30. The number of alkyl halides is 3. The molecule has 5 heteroatoms. The number of hydrogen-bond acceptors (Lipinski definition) is 2. The molecule has 2 rings (SSSR count). The Bertz CT molecular complexity index is 464. The number of benzene rings is 1. The minimum absolute atomic E-state index is 0.149. The van der Waals surface area contributed by atoms with E-state index >= 15 is 0 Å². The predicted octanol–water partition coefficient (Wildman–Crippen LogP) is 3.81. The second-order valence-electron chi connectivity index (χ2n) is 5.19. The van der Waals surface area contributed by atoms with Crippen LogP contribution in [0.2, 0.25) is 0 Å². The van der Waals surface area contributed by atoms with Gasteiger partial charge in [0.25, 0.3) is 0 Å². The molecular weight excluding hydrogens is 267 g/mol. The zero-order valence-electron chi connectivity index (χ0n) is 11.2. The van der Waals surface area contributed by atoms with E-state index in [9.17, 15) is 18.0 Å². The lowest BCUT2D eigenvalue weighted by atomic mass is 9.97. The molecule has 0 amide bonds. The highest BCUT2D eigenvalue weighted by molar-refractivity contribution is 5.96. The van der Waals surface area contributed by atoms with E-state index in [1.807, 2.05) is 0 Å². The molecule has 20 heavy (non-hydrogen) atoms. The Morgan fingerprint density at radius 3 is 2.75 bits per heavy atom. The Hall–Kier alpha value is -1.36. The molecule has 2 nitrogen and oxygen atoms in total. The maximum Gasteiger partial charge on any atom is 0.416 e. The first-order valence-corrected chi connectivity index (χ1v) is 6.90. The Morgan fingerprint density at radius 2 is 2.10 bits per heavy atom. The molecule has 1 aliphatic rings. The molecule has 0 radical (unpaired) electrons. The van der Waals surface area contributed by atoms with Gasteiger partial charge < -0.3 is 5.32 Å². The van der Waals surface area contributed by atoms with Gasteiger partial charge in [0.05, 0.1) is 5.56 Å². The monoisotopic (exact) mass is 285 g/mol. The third-order valence-corrected chi connectivity index (χ3v) is 3.64. The summed E-state index contributed by atoms with van der Waals surface area (Å²) in [5.74, 6) is -0.219. The Balaban J connectivity index is 1.95. The second-order valence-corrected chi connectivity index (χ2v) is 5.19. The van der Waals surface area contributed by atoms with E-state index in [1.54, 1.807) is 0 Å². The zero-order valence-corrected chi connectivity index (χ0v) is 11.2. The molecule has 1 aliphatic heterocycles. The molecule has 0 aromatic heterocycles. The first-order valence-electron chi connectivity index (χ1n) is 6.90. The number of halogens is 3. The summed E-state index contributed by atoms with van der Waals surface area (Å²) in [5.41, 5.74) is -0.616. The molecule has 110 valence electrons. The van der Waals surface area contributed by atoms with Crippen LogP contribution >= 0.6 is 0 Å². The summed E-state index contributed by atoms with van der Waals surface area (Å²) in [6.07, 6.45) is -0.0847. The molecule has 0 spiro atoms. The third kappa shape index (κ3) is 4.07. The molecule has 0 saturated carbocycles. The maximum absolute atomic E-state index is 12.6. The molecule has 1 unspecified atom stereocenters. The minimum atomic E-state index is -4.40. The van der Waals surface area contributed by atoms with Crippen LogP contribution in [0, 0.1) is 0 Å². The third-order valence-electron chi connectivity index (χ3n) is 3.64. The van der Waals surface area contributed by atoms with Crippen LogP contribution < -0.4 is 5.32 Å². The summed E-state index contributed by atoms with van der Waals surface area (Å²) >= 11 is 0. The molecule has 1 aromatic rings. The van der Waals surface area contributed by atoms with Crippen molar-refractivity contribution in [3.63, 3.8) is 0 Å². The lowest BCUT2D eigenvalue weighted by Crippen LogP contribution is -2.34. The van der Waals surface area contributed by atoms with E-state index in [-0.39, 0.29) is 11.3 Å². The fraction of sp³-hybridized carbons (Fsp3) is 0.533. The lowest BCUT2D eigenvalue weighted by molar-refractivity contribution is -0.137. The number of carbonyl (C=O) groups is 1. The molecule has 1 atom stereocenters. The minimum Gasteiger partial charge on any atom is -0.314 e. The molecular formula is C15H18F3NO. The van der Waals surface area contributed by atoms with Crippen molar-refractivity contribution >= 4 is 5.78 Å². The first kappa shape index (κ1) is 15.0. The normalized spacial score (nSPS) is 19.9. The molecule has 1 fully saturated rings. The van der Waals surface area contributed by atoms with Crippen molar-refractivity contribution in [2.75, 3.05) is 6.54 Å². The van der Waals surface area contributed by atoms with Crippen LogP contribution in [0.5, 0.6) is 0 Å². The largest absolute Gasteiger partial charge is 0.416 e. The van der Waals surface area contributed by atoms with Gasteiger partial charge in [-0.1, -0.05) is 18.6 Å². The van der Waals surface area contributed by atoms with E-state index in [1.165, 1.54) is 12.1 Å². The van der Waals surface area contributed by atoms with Gasteiger partial charge in [0.1, 0.15) is 0 Å². The Labute approximate surface area is 116 Å². The van der Waals surface area contributed by atoms with Gasteiger partial charge in [0.2, 0.25) is 0 Å². The maximum atomic E-state index is 12.6. The van der Waals surface area contributed by atoms with Crippen LogP contribution in [0.15, 0.2) is 24.3 Å². The van der Waals surface area contributed by atoms with Gasteiger partial charge in [-0.3, -0.25) is 4.79 Å². The average molecular weight is 285 g/mol. The highest BCUT2D eigenvalue weighted by Crippen LogP contribution is 2.29. The number of carbonyl (C=O) groups excluding carboxylic acids is 1. The van der Waals surface area contributed by atoms with Crippen molar-refractivity contribution in [3.05, 3.63) is 35.4 Å². The van der Waals surface area contributed by atoms with Crippen LogP contribution in [0.1, 0.15) is 48.0 Å². The molecule has 0 bridgehead atoms. The van der Waals surface area contributed by atoms with Crippen molar-refractivity contribution in [2.24, 2.45) is 0 Å². The van der Waals surface area contributed by atoms with Crippen LogP contribution in [0.3, 0.4) is 0 Å². The van der Waals surface area contributed by atoms with E-state index in [2.05, 4.69) is 5.32 Å². The smallest absolute Gasteiger partial charge is 0.314 e. The molecule has 0 aliphatic carbocycles. The zero-order chi connectivity index (χ0) is 14.6. The number of rotatable bonds is 4. The summed E-state index contributed by atoms with van der Waals surface area (Å²) in [6, 6.07) is 4.98. The van der Waals surface area contributed by atoms with Crippen molar-refractivity contribution < 1.29 is 18.0 Å². The van der Waals surface area contributed by atoms with Gasteiger partial charge in [-0.05, 0) is 37.9 Å². The molecule has 1 aromatic carbocycles. The molecule has 1 heterocycles. The Kier molecular flexibility index (Phi) is 4.81. The van der Waals surface area contributed by atoms with Gasteiger partial charge in [0, 0.05) is 18.0 Å². The van der Waals surface area contributed by atoms with E-state index in [0.29, 0.717) is 18.9 Å². The van der Waals surface area contributed by atoms with E-state index in [0.717, 1.165) is 37.9 Å². The molecule has 1 saturated heterocycles. The lowest BCUT2D eigenvalue weighted by Gasteiger charge is -2.23. The SMILES string of the molecule is O=C(CCC1CCCCN1)c1cccc(C(F)(F)F)c1. The Morgan fingerprint density at radius 1 is 1.30 bits per heavy atom. The van der Waals surface area contributed by atoms with Crippen LogP contribution in [-0.2, 0) is 6.18 Å². The highest BCUT2D eigenvalue weighted by atomic mass is 19.4. The quantitative estimate of drug-likeness (QED) is 0.852. The predicted molar refractivity (Wildman–Crippen MR) is 70.7 cm³/mol. The van der Waals surface area contributed by atoms with Gasteiger partial charge >= 0.3 is 6.18 Å². The molecule has 1 N–H and O–H groups in total. The fourth-order valence-electron chi connectivity index (χ4n) is 2.49. The van der Waals surface area contributed by atoms with Crippen molar-refractivity contribution in [1.82, 2.24) is 5.32 Å². The second kappa shape index (κ2) is 6.39. The number of hydrogen-bond donors (Lipinski definition) is 1. The van der Waals surface area contributed by atoms with E-state index < -0.39 is 11.7 Å². The number of nitrogens with one attached hydrogen (secondary N) is 1. The summed E-state index contributed by atoms with van der Waals surface area (Å²) in [4.78, 5) is 12.0. The summed E-state index contributed by atoms with van der Waals surface area (Å²) in [6.45, 7) is 0.961. The van der Waals surface area contributed by atoms with Crippen molar-refractivity contribution in [1.29, 1.82) is 0 Å². The average Bonchev–Trinajstić information content (AvgIpc) is 2.45. The van der Waals surface area contributed by atoms with Crippen LogP contribution in [0.25, 0.3) is 0 Å². The van der Waals surface area contributed by atoms with Gasteiger partial charge in [-0.15, -0.1) is 0 Å². The van der Waals surface area contributed by atoms with Crippen LogP contribution in [0.4, 0.5) is 13.2 Å². The fourth-order valence-corrected chi connectivity index (χ4v) is 2.49. The number of piperidine rings is 1. The summed E-state index contributed by atoms with van der Waals surface area (Å²) < 4.78 is 37.8. The van der Waals surface area contributed by atoms with Crippen molar-refractivity contribution in [2.45, 2.75) is 44.3 Å². The van der Waals surface area contributed by atoms with Crippen molar-refractivity contribution in [3.8, 4) is 0 Å². The standard InChI is InChI=1S/C15H18F3NO/c16-15(17,18)12-5-3-4-11(10-12)14(20)8-7-13-6-1-2-9-19-13/h3-5,10,13,19H,1-2,6-9H2. The van der Waals surface area contributed by atoms with Gasteiger partial charge in [0.15, 0.2) is 5.78 Å². The summed E-state index contributed by atoms with van der Waals surface area (Å²) in [5, 5.41) is 3.33. The first-order chi connectivity index (χ1) is 9.47. The topological polar surface area (TPSA) is 29.1 Å². The van der Waals surface area contributed by atoms with Crippen LogP contribution in [-0.4, -0.2) is 18.4 Å². The van der Waals surface area contributed by atoms with E-state index in [4.69, 9.17) is 0 Å². The van der Waals surface area contributed by atoms with Gasteiger partial charge in [-0.25, -0.2) is 0 Å². The number of Topliss-reactive ketones (excluding diaryl/α,β-unsaturated/α-hetero) is 1. The summed E-state index contributed by atoms with van der Waals surface area (Å²) in [7, 11) is 0. The number of ketones is 1.